The molecule has 1 aromatic carbocycles. The van der Waals surface area contributed by atoms with Crippen LogP contribution in [0.3, 0.4) is 0 Å². The Morgan fingerprint density at radius 2 is 1.96 bits per heavy atom. The predicted molar refractivity (Wildman–Crippen MR) is 109 cm³/mol. The van der Waals surface area contributed by atoms with E-state index in [0.29, 0.717) is 17.3 Å². The molecule has 0 bridgehead atoms. The lowest BCUT2D eigenvalue weighted by Gasteiger charge is -2.29. The first-order chi connectivity index (χ1) is 13.2. The molecule has 0 amide bonds. The lowest BCUT2D eigenvalue weighted by Crippen LogP contribution is -2.40. The summed E-state index contributed by atoms with van der Waals surface area (Å²) in [6, 6.07) is 12.4. The standard InChI is InChI=1S/C20H25FN4OS/c21-18-7-1-2-8-19(18)23-20(27)25(16-17-6-3-4-9-22-17)11-5-10-24-12-14-26-15-13-24/h1-4,6-9H,5,10-16H2,(H,23,27). The second-order valence-corrected chi connectivity index (χ2v) is 6.85. The van der Waals surface area contributed by atoms with Crippen molar-refractivity contribution in [1.82, 2.24) is 14.8 Å². The zero-order valence-corrected chi connectivity index (χ0v) is 16.1. The number of thiocarbonyl (C=S) groups is 1. The predicted octanol–water partition coefficient (Wildman–Crippen LogP) is 3.14. The fourth-order valence-corrected chi connectivity index (χ4v) is 3.27. The summed E-state index contributed by atoms with van der Waals surface area (Å²) in [7, 11) is 0. The number of pyridine rings is 1. The van der Waals surface area contributed by atoms with E-state index in [2.05, 4.69) is 15.2 Å². The summed E-state index contributed by atoms with van der Waals surface area (Å²) in [6.07, 6.45) is 2.74. The average molecular weight is 389 g/mol. The van der Waals surface area contributed by atoms with Crippen molar-refractivity contribution in [2.75, 3.05) is 44.7 Å². The number of rotatable bonds is 7. The molecule has 1 aromatic heterocycles. The van der Waals surface area contributed by atoms with E-state index in [1.54, 1.807) is 24.4 Å². The maximum atomic E-state index is 14.0. The van der Waals surface area contributed by atoms with Gasteiger partial charge in [-0.3, -0.25) is 9.88 Å². The first-order valence-electron chi connectivity index (χ1n) is 9.23. The van der Waals surface area contributed by atoms with Gasteiger partial charge in [0.2, 0.25) is 0 Å². The molecule has 3 rings (SSSR count). The lowest BCUT2D eigenvalue weighted by molar-refractivity contribution is 0.0367. The number of morpholine rings is 1. The van der Waals surface area contributed by atoms with Crippen LogP contribution < -0.4 is 5.32 Å². The summed E-state index contributed by atoms with van der Waals surface area (Å²) in [5, 5.41) is 3.55. The first kappa shape index (κ1) is 19.7. The van der Waals surface area contributed by atoms with E-state index < -0.39 is 0 Å². The van der Waals surface area contributed by atoms with Crippen molar-refractivity contribution in [1.29, 1.82) is 0 Å². The summed E-state index contributed by atoms with van der Waals surface area (Å²) in [5.41, 5.74) is 1.32. The van der Waals surface area contributed by atoms with E-state index in [1.165, 1.54) is 6.07 Å². The van der Waals surface area contributed by atoms with Gasteiger partial charge in [0.15, 0.2) is 5.11 Å². The Bertz CT molecular complexity index is 725. The van der Waals surface area contributed by atoms with Gasteiger partial charge >= 0.3 is 0 Å². The highest BCUT2D eigenvalue weighted by atomic mass is 32.1. The van der Waals surface area contributed by atoms with Crippen molar-refractivity contribution in [3.63, 3.8) is 0 Å². The highest BCUT2D eigenvalue weighted by Gasteiger charge is 2.15. The number of halogens is 1. The first-order valence-corrected chi connectivity index (χ1v) is 9.63. The Hall–Kier alpha value is -2.09. The second kappa shape index (κ2) is 10.3. The minimum absolute atomic E-state index is 0.314. The molecule has 0 spiro atoms. The molecule has 0 atom stereocenters. The molecule has 0 aliphatic carbocycles. The van der Waals surface area contributed by atoms with Crippen molar-refractivity contribution in [2.45, 2.75) is 13.0 Å². The SMILES string of the molecule is Fc1ccccc1NC(=S)N(CCCN1CCOCC1)Cc1ccccn1. The minimum Gasteiger partial charge on any atom is -0.379 e. The van der Waals surface area contributed by atoms with E-state index >= 15 is 0 Å². The number of hydrogen-bond donors (Lipinski definition) is 1. The highest BCUT2D eigenvalue weighted by Crippen LogP contribution is 2.14. The van der Waals surface area contributed by atoms with Crippen LogP contribution in [0.25, 0.3) is 0 Å². The second-order valence-electron chi connectivity index (χ2n) is 6.46. The van der Waals surface area contributed by atoms with Crippen molar-refractivity contribution in [2.24, 2.45) is 0 Å². The molecule has 0 radical (unpaired) electrons. The third kappa shape index (κ3) is 6.23. The molecule has 2 heterocycles. The third-order valence-corrected chi connectivity index (χ3v) is 4.85. The van der Waals surface area contributed by atoms with Gasteiger partial charge in [0.25, 0.3) is 0 Å². The topological polar surface area (TPSA) is 40.6 Å². The Kier molecular flexibility index (Phi) is 7.50. The molecule has 1 aliphatic heterocycles. The van der Waals surface area contributed by atoms with E-state index in [-0.39, 0.29) is 5.82 Å². The molecule has 0 unspecified atom stereocenters. The molecular weight excluding hydrogens is 363 g/mol. The van der Waals surface area contributed by atoms with Crippen LogP contribution in [-0.4, -0.2) is 59.3 Å². The number of nitrogens with zero attached hydrogens (tertiary/aromatic N) is 3. The number of hydrogen-bond acceptors (Lipinski definition) is 4. The molecule has 7 heteroatoms. The van der Waals surface area contributed by atoms with Crippen molar-refractivity contribution in [3.8, 4) is 0 Å². The van der Waals surface area contributed by atoms with Crippen LogP contribution in [0, 0.1) is 5.82 Å². The molecule has 27 heavy (non-hydrogen) atoms. The largest absolute Gasteiger partial charge is 0.379 e. The molecule has 0 saturated carbocycles. The van der Waals surface area contributed by atoms with Crippen LogP contribution in [-0.2, 0) is 11.3 Å². The van der Waals surface area contributed by atoms with Crippen LogP contribution in [0.5, 0.6) is 0 Å². The highest BCUT2D eigenvalue weighted by molar-refractivity contribution is 7.80. The Balaban J connectivity index is 1.61. The molecule has 1 aliphatic rings. The third-order valence-electron chi connectivity index (χ3n) is 4.49. The van der Waals surface area contributed by atoms with Gasteiger partial charge in [0.1, 0.15) is 5.82 Å². The number of para-hydroxylation sites is 1. The molecule has 5 nitrogen and oxygen atoms in total. The van der Waals surface area contributed by atoms with Gasteiger partial charge < -0.3 is 15.0 Å². The smallest absolute Gasteiger partial charge is 0.173 e. The summed E-state index contributed by atoms with van der Waals surface area (Å²) >= 11 is 5.57. The Labute approximate surface area is 165 Å². The number of nitrogens with one attached hydrogen (secondary N) is 1. The van der Waals surface area contributed by atoms with Gasteiger partial charge in [-0.05, 0) is 42.9 Å². The zero-order valence-electron chi connectivity index (χ0n) is 15.3. The molecule has 1 fully saturated rings. The molecule has 144 valence electrons. The quantitative estimate of drug-likeness (QED) is 0.735. The van der Waals surface area contributed by atoms with Crippen LogP contribution in [0.4, 0.5) is 10.1 Å². The lowest BCUT2D eigenvalue weighted by atomic mass is 10.3. The number of benzene rings is 1. The molecule has 1 saturated heterocycles. The van der Waals surface area contributed by atoms with Crippen LogP contribution >= 0.6 is 12.2 Å². The Morgan fingerprint density at radius 3 is 2.70 bits per heavy atom. The number of ether oxygens (including phenoxy) is 1. The molecule has 1 N–H and O–H groups in total. The average Bonchev–Trinajstić information content (AvgIpc) is 2.70. The maximum absolute atomic E-state index is 14.0. The maximum Gasteiger partial charge on any atom is 0.173 e. The number of anilines is 1. The fourth-order valence-electron chi connectivity index (χ4n) is 3.01. The van der Waals surface area contributed by atoms with E-state index in [4.69, 9.17) is 17.0 Å². The van der Waals surface area contributed by atoms with Crippen molar-refractivity contribution in [3.05, 3.63) is 60.2 Å². The van der Waals surface area contributed by atoms with Gasteiger partial charge in [-0.25, -0.2) is 4.39 Å². The minimum atomic E-state index is -0.314. The fraction of sp³-hybridized carbons (Fsp3) is 0.400. The zero-order chi connectivity index (χ0) is 18.9. The summed E-state index contributed by atoms with van der Waals surface area (Å²) in [5.74, 6) is -0.314. The summed E-state index contributed by atoms with van der Waals surface area (Å²) in [4.78, 5) is 8.84. The monoisotopic (exact) mass is 388 g/mol. The van der Waals surface area contributed by atoms with Gasteiger partial charge in [-0.15, -0.1) is 0 Å². The van der Waals surface area contributed by atoms with Crippen LogP contribution in [0.1, 0.15) is 12.1 Å². The van der Waals surface area contributed by atoms with Gasteiger partial charge in [-0.1, -0.05) is 18.2 Å². The van der Waals surface area contributed by atoms with Gasteiger partial charge in [-0.2, -0.15) is 0 Å². The van der Waals surface area contributed by atoms with E-state index in [0.717, 1.165) is 51.5 Å². The van der Waals surface area contributed by atoms with E-state index in [9.17, 15) is 4.39 Å². The molecule has 2 aromatic rings. The summed E-state index contributed by atoms with van der Waals surface area (Å²) < 4.78 is 19.4. The Morgan fingerprint density at radius 1 is 1.19 bits per heavy atom. The van der Waals surface area contributed by atoms with Gasteiger partial charge in [0, 0.05) is 32.4 Å². The van der Waals surface area contributed by atoms with E-state index in [1.807, 2.05) is 23.1 Å². The molecular formula is C20H25FN4OS. The van der Waals surface area contributed by atoms with Crippen LogP contribution in [0.2, 0.25) is 0 Å². The number of aromatic nitrogens is 1. The normalized spacial score (nSPS) is 14.7. The van der Waals surface area contributed by atoms with Gasteiger partial charge in [0.05, 0.1) is 31.1 Å². The van der Waals surface area contributed by atoms with Crippen LogP contribution in [0.15, 0.2) is 48.7 Å². The van der Waals surface area contributed by atoms with Crippen molar-refractivity contribution >= 4 is 23.0 Å². The van der Waals surface area contributed by atoms with Crippen molar-refractivity contribution < 1.29 is 9.13 Å². The summed E-state index contributed by atoms with van der Waals surface area (Å²) in [6.45, 7) is 5.88.